The quantitative estimate of drug-likeness (QED) is 0.0594. The first kappa shape index (κ1) is 35.6. The van der Waals surface area contributed by atoms with E-state index in [9.17, 15) is 14.4 Å². The second-order valence-corrected chi connectivity index (χ2v) is 13.6. The van der Waals surface area contributed by atoms with E-state index in [1.165, 1.54) is 126 Å². The van der Waals surface area contributed by atoms with E-state index >= 15 is 0 Å². The molecule has 0 unspecified atom stereocenters. The van der Waals surface area contributed by atoms with Crippen LogP contribution in [0.5, 0.6) is 0 Å². The van der Waals surface area contributed by atoms with Gasteiger partial charge in [-0.25, -0.2) is 4.57 Å². The molecule has 3 rings (SSSR count). The minimum Gasteiger partial charge on any atom is -0.303 e. The van der Waals surface area contributed by atoms with E-state index in [1.54, 1.807) is 0 Å². The van der Waals surface area contributed by atoms with Crippen LogP contribution >= 0.6 is 7.82 Å². The van der Waals surface area contributed by atoms with Crippen LogP contribution in [0.4, 0.5) is 0 Å². The highest BCUT2D eigenvalue weighted by Gasteiger charge is 2.17. The molecular weight excluding hydrogens is 555 g/mol. The summed E-state index contributed by atoms with van der Waals surface area (Å²) in [6.07, 6.45) is 29.6. The first-order chi connectivity index (χ1) is 20.9. The Balaban J connectivity index is 1.67. The average molecular weight is 613 g/mol. The lowest BCUT2D eigenvalue weighted by Gasteiger charge is -2.15. The number of unbranched alkanes of at least 4 members (excludes halogenated alkanes) is 16. The van der Waals surface area contributed by atoms with Crippen molar-refractivity contribution in [1.82, 2.24) is 9.97 Å². The second-order valence-electron chi connectivity index (χ2n) is 12.3. The van der Waals surface area contributed by atoms with Crippen molar-refractivity contribution in [1.29, 1.82) is 0 Å². The summed E-state index contributed by atoms with van der Waals surface area (Å²) >= 11 is 0. The Morgan fingerprint density at radius 2 is 1.12 bits per heavy atom. The molecule has 0 atom stereocenters. The van der Waals surface area contributed by atoms with Gasteiger partial charge >= 0.3 is 7.82 Å². The monoisotopic (exact) mass is 612 g/mol. The van der Waals surface area contributed by atoms with E-state index in [-0.39, 0.29) is 6.61 Å². The SMILES string of the molecule is CCCCCCCCCCCc1ccnc2c1ccc1c(CCCCCCCCCCC)c(CCOP(=O)(O)O)cnc12. The Bertz CT molecular complexity index is 1260. The van der Waals surface area contributed by atoms with E-state index in [0.717, 1.165) is 41.2 Å². The summed E-state index contributed by atoms with van der Waals surface area (Å²) in [4.78, 5) is 28.0. The maximum Gasteiger partial charge on any atom is 0.469 e. The third-order valence-electron chi connectivity index (χ3n) is 8.75. The van der Waals surface area contributed by atoms with E-state index < -0.39 is 7.82 Å². The molecule has 0 aliphatic heterocycles. The van der Waals surface area contributed by atoms with Gasteiger partial charge in [-0.1, -0.05) is 129 Å². The number of aryl methyl sites for hydroxylation is 2. The van der Waals surface area contributed by atoms with Gasteiger partial charge in [0.15, 0.2) is 0 Å². The zero-order valence-electron chi connectivity index (χ0n) is 27.0. The summed E-state index contributed by atoms with van der Waals surface area (Å²) in [5.41, 5.74) is 5.45. The molecule has 6 nitrogen and oxygen atoms in total. The molecule has 0 radical (unpaired) electrons. The van der Waals surface area contributed by atoms with Crippen LogP contribution in [0, 0.1) is 0 Å². The molecular formula is C36H57N2O4P. The van der Waals surface area contributed by atoms with Crippen molar-refractivity contribution in [3.8, 4) is 0 Å². The van der Waals surface area contributed by atoms with E-state index in [1.807, 2.05) is 12.4 Å². The molecule has 1 aromatic carbocycles. The number of benzene rings is 1. The number of phosphoric acid groups is 1. The third-order valence-corrected chi connectivity index (χ3v) is 9.27. The van der Waals surface area contributed by atoms with E-state index in [4.69, 9.17) is 14.5 Å². The Morgan fingerprint density at radius 1 is 0.605 bits per heavy atom. The summed E-state index contributed by atoms with van der Waals surface area (Å²) < 4.78 is 16.1. The van der Waals surface area contributed by atoms with E-state index in [0.29, 0.717) is 6.42 Å². The predicted molar refractivity (Wildman–Crippen MR) is 181 cm³/mol. The number of pyridine rings is 2. The minimum absolute atomic E-state index is 0.0308. The normalized spacial score (nSPS) is 12.1. The molecule has 0 amide bonds. The molecule has 0 aliphatic rings. The van der Waals surface area contributed by atoms with Gasteiger partial charge in [-0.3, -0.25) is 14.5 Å². The van der Waals surface area contributed by atoms with Crippen molar-refractivity contribution in [3.05, 3.63) is 47.3 Å². The van der Waals surface area contributed by atoms with Gasteiger partial charge in [0.25, 0.3) is 0 Å². The summed E-state index contributed by atoms with van der Waals surface area (Å²) in [5, 5.41) is 2.29. The zero-order chi connectivity index (χ0) is 30.8. The van der Waals surface area contributed by atoms with Crippen molar-refractivity contribution in [2.24, 2.45) is 0 Å². The predicted octanol–water partition coefficient (Wildman–Crippen LogP) is 10.6. The number of aromatic nitrogens is 2. The smallest absolute Gasteiger partial charge is 0.303 e. The minimum atomic E-state index is -4.50. The molecule has 2 aromatic heterocycles. The fourth-order valence-corrected chi connectivity index (χ4v) is 6.60. The molecule has 0 saturated carbocycles. The van der Waals surface area contributed by atoms with Crippen molar-refractivity contribution in [2.75, 3.05) is 6.61 Å². The topological polar surface area (TPSA) is 92.5 Å². The molecule has 0 aliphatic carbocycles. The van der Waals surface area contributed by atoms with E-state index in [2.05, 4.69) is 32.0 Å². The standard InChI is InChI=1S/C36H57N2O4P/c1-3-5-7-9-11-13-15-17-19-21-30-25-27-37-35-33(30)23-24-34-32(22-20-18-16-14-12-10-8-6-4-2)31(29-38-36(34)35)26-28-42-43(39,40)41/h23-25,27,29H,3-22,26,28H2,1-2H3,(H2,39,40,41). The maximum atomic E-state index is 11.3. The highest BCUT2D eigenvalue weighted by Crippen LogP contribution is 2.36. The van der Waals surface area contributed by atoms with Crippen LogP contribution in [0.3, 0.4) is 0 Å². The number of hydrogen-bond acceptors (Lipinski definition) is 4. The van der Waals surface area contributed by atoms with Crippen molar-refractivity contribution >= 4 is 29.6 Å². The van der Waals surface area contributed by atoms with Crippen LogP contribution in [0.25, 0.3) is 21.8 Å². The van der Waals surface area contributed by atoms with Crippen LogP contribution in [-0.2, 0) is 28.4 Å². The van der Waals surface area contributed by atoms with Crippen LogP contribution in [-0.4, -0.2) is 26.4 Å². The lowest BCUT2D eigenvalue weighted by Crippen LogP contribution is -2.04. The van der Waals surface area contributed by atoms with Crippen molar-refractivity contribution in [2.45, 2.75) is 149 Å². The highest BCUT2D eigenvalue weighted by atomic mass is 31.2. The average Bonchev–Trinajstić information content (AvgIpc) is 2.99. The molecule has 0 fully saturated rings. The fraction of sp³-hybridized carbons (Fsp3) is 0.667. The summed E-state index contributed by atoms with van der Waals surface area (Å²) in [6, 6.07) is 6.57. The van der Waals surface area contributed by atoms with Gasteiger partial charge < -0.3 is 9.79 Å². The summed E-state index contributed by atoms with van der Waals surface area (Å²) in [7, 11) is -4.50. The molecule has 43 heavy (non-hydrogen) atoms. The van der Waals surface area contributed by atoms with Crippen LogP contribution in [0.2, 0.25) is 0 Å². The largest absolute Gasteiger partial charge is 0.469 e. The fourth-order valence-electron chi connectivity index (χ4n) is 6.27. The first-order valence-corrected chi connectivity index (χ1v) is 18.8. The molecule has 0 bridgehead atoms. The number of phosphoric ester groups is 1. The number of nitrogens with zero attached hydrogens (tertiary/aromatic N) is 2. The molecule has 0 spiro atoms. The maximum absolute atomic E-state index is 11.3. The van der Waals surface area contributed by atoms with Crippen LogP contribution in [0.1, 0.15) is 146 Å². The highest BCUT2D eigenvalue weighted by molar-refractivity contribution is 7.46. The molecule has 7 heteroatoms. The Morgan fingerprint density at radius 3 is 1.70 bits per heavy atom. The van der Waals surface area contributed by atoms with Crippen LogP contribution in [0.15, 0.2) is 30.6 Å². The van der Waals surface area contributed by atoms with Gasteiger partial charge in [0, 0.05) is 23.2 Å². The van der Waals surface area contributed by atoms with Crippen LogP contribution < -0.4 is 0 Å². The molecule has 240 valence electrons. The number of rotatable bonds is 24. The van der Waals surface area contributed by atoms with Gasteiger partial charge in [0.2, 0.25) is 0 Å². The Hall–Kier alpha value is -1.85. The molecule has 0 saturated heterocycles. The Kier molecular flexibility index (Phi) is 16.8. The van der Waals surface area contributed by atoms with Gasteiger partial charge in [0.05, 0.1) is 17.6 Å². The molecule has 3 aromatic rings. The third kappa shape index (κ3) is 13.0. The molecule has 2 heterocycles. The van der Waals surface area contributed by atoms with Gasteiger partial charge in [-0.05, 0) is 54.9 Å². The van der Waals surface area contributed by atoms with Crippen molar-refractivity contribution in [3.63, 3.8) is 0 Å². The lowest BCUT2D eigenvalue weighted by atomic mass is 9.94. The lowest BCUT2D eigenvalue weighted by molar-refractivity contribution is 0.199. The number of hydrogen-bond donors (Lipinski definition) is 2. The van der Waals surface area contributed by atoms with Crippen molar-refractivity contribution < 1.29 is 18.9 Å². The van der Waals surface area contributed by atoms with Gasteiger partial charge in [0.1, 0.15) is 0 Å². The summed E-state index contributed by atoms with van der Waals surface area (Å²) in [5.74, 6) is 0. The van der Waals surface area contributed by atoms with Gasteiger partial charge in [-0.15, -0.1) is 0 Å². The van der Waals surface area contributed by atoms with Gasteiger partial charge in [-0.2, -0.15) is 0 Å². The first-order valence-electron chi connectivity index (χ1n) is 17.3. The molecule has 2 N–H and O–H groups in total. The zero-order valence-corrected chi connectivity index (χ0v) is 27.9. The Labute approximate surface area is 260 Å². The summed E-state index contributed by atoms with van der Waals surface area (Å²) in [6.45, 7) is 4.49. The number of fused-ring (bicyclic) bond motifs is 3. The second kappa shape index (κ2) is 20.2.